The maximum Gasteiger partial charge on any atom is 0.242 e. The maximum atomic E-state index is 12.1. The van der Waals surface area contributed by atoms with Crippen LogP contribution in [0.3, 0.4) is 0 Å². The van der Waals surface area contributed by atoms with Crippen LogP contribution in [0.4, 0.5) is 0 Å². The summed E-state index contributed by atoms with van der Waals surface area (Å²) < 4.78 is 25.4. The lowest BCUT2D eigenvalue weighted by Crippen LogP contribution is -2.42. The van der Waals surface area contributed by atoms with Gasteiger partial charge in [0.15, 0.2) is 0 Å². The second-order valence-corrected chi connectivity index (χ2v) is 7.11. The highest BCUT2D eigenvalue weighted by Crippen LogP contribution is 2.16. The molecule has 1 heterocycles. The lowest BCUT2D eigenvalue weighted by Gasteiger charge is -2.27. The summed E-state index contributed by atoms with van der Waals surface area (Å²) in [6.45, 7) is 4.80. The van der Waals surface area contributed by atoms with Crippen LogP contribution < -0.4 is 5.32 Å². The zero-order chi connectivity index (χ0) is 13.9. The molecule has 0 bridgehead atoms. The third kappa shape index (κ3) is 5.39. The minimum Gasteiger partial charge on any atom is -0.314 e. The van der Waals surface area contributed by atoms with E-state index in [2.05, 4.69) is 10.2 Å². The van der Waals surface area contributed by atoms with Crippen LogP contribution in [0.5, 0.6) is 0 Å². The van der Waals surface area contributed by atoms with E-state index >= 15 is 0 Å². The monoisotopic (exact) mass is 355 g/mol. The Balaban J connectivity index is 0.00000200. The van der Waals surface area contributed by atoms with E-state index in [0.717, 1.165) is 38.3 Å². The zero-order valence-corrected chi connectivity index (χ0v) is 14.7. The SMILES string of the molecule is CN(C)S(=O)(=O)c1cccc(CN2CCNCC2)c1.Cl.Cl. The van der Waals surface area contributed by atoms with Crippen LogP contribution in [-0.4, -0.2) is 57.9 Å². The fourth-order valence-corrected chi connectivity index (χ4v) is 3.12. The van der Waals surface area contributed by atoms with Crippen LogP contribution in [0.25, 0.3) is 0 Å². The first-order chi connectivity index (χ1) is 9.00. The molecule has 1 saturated heterocycles. The van der Waals surface area contributed by atoms with Crippen LogP contribution in [0.15, 0.2) is 29.2 Å². The molecule has 5 nitrogen and oxygen atoms in total. The predicted octanol–water partition coefficient (Wildman–Crippen LogP) is 1.19. The summed E-state index contributed by atoms with van der Waals surface area (Å²) >= 11 is 0. The molecule has 0 saturated carbocycles. The van der Waals surface area contributed by atoms with Gasteiger partial charge in [-0.05, 0) is 17.7 Å². The number of nitrogens with one attached hydrogen (secondary N) is 1. The summed E-state index contributed by atoms with van der Waals surface area (Å²) in [7, 11) is -0.230. The number of rotatable bonds is 4. The predicted molar refractivity (Wildman–Crippen MR) is 90.0 cm³/mol. The van der Waals surface area contributed by atoms with Crippen molar-refractivity contribution in [3.05, 3.63) is 29.8 Å². The Kier molecular flexibility index (Phi) is 8.77. The van der Waals surface area contributed by atoms with Crippen LogP contribution in [0.1, 0.15) is 5.56 Å². The average molecular weight is 356 g/mol. The van der Waals surface area contributed by atoms with Gasteiger partial charge in [-0.2, -0.15) is 0 Å². The van der Waals surface area contributed by atoms with Crippen molar-refractivity contribution in [2.45, 2.75) is 11.4 Å². The molecule has 1 aliphatic rings. The fourth-order valence-electron chi connectivity index (χ4n) is 2.14. The number of sulfonamides is 1. The molecule has 0 radical (unpaired) electrons. The summed E-state index contributed by atoms with van der Waals surface area (Å²) in [4.78, 5) is 2.70. The number of benzene rings is 1. The van der Waals surface area contributed by atoms with E-state index in [0.29, 0.717) is 4.90 Å². The number of hydrogen-bond acceptors (Lipinski definition) is 4. The Bertz CT molecular complexity index is 532. The van der Waals surface area contributed by atoms with Gasteiger partial charge in [-0.25, -0.2) is 12.7 Å². The Morgan fingerprint density at radius 2 is 1.81 bits per heavy atom. The topological polar surface area (TPSA) is 52.7 Å². The molecule has 1 N–H and O–H groups in total. The quantitative estimate of drug-likeness (QED) is 0.881. The van der Waals surface area contributed by atoms with Crippen LogP contribution in [-0.2, 0) is 16.6 Å². The van der Waals surface area contributed by atoms with Crippen molar-refractivity contribution in [1.29, 1.82) is 0 Å². The van der Waals surface area contributed by atoms with Gasteiger partial charge in [0.1, 0.15) is 0 Å². The molecule has 1 fully saturated rings. The first-order valence-electron chi connectivity index (χ1n) is 6.45. The van der Waals surface area contributed by atoms with E-state index in [1.54, 1.807) is 26.2 Å². The maximum absolute atomic E-state index is 12.1. The molecule has 1 aromatic rings. The molecule has 21 heavy (non-hydrogen) atoms. The van der Waals surface area contributed by atoms with E-state index in [-0.39, 0.29) is 24.8 Å². The molecule has 1 aromatic carbocycles. The number of piperazine rings is 1. The van der Waals surface area contributed by atoms with Gasteiger partial charge in [0.05, 0.1) is 4.90 Å². The van der Waals surface area contributed by atoms with Crippen LogP contribution in [0, 0.1) is 0 Å². The fraction of sp³-hybridized carbons (Fsp3) is 0.538. The molecule has 0 spiro atoms. The molecule has 0 aromatic heterocycles. The normalized spacial score (nSPS) is 16.1. The van der Waals surface area contributed by atoms with Crippen molar-refractivity contribution in [2.75, 3.05) is 40.3 Å². The summed E-state index contributed by atoms with van der Waals surface area (Å²) in [5, 5.41) is 3.31. The summed E-state index contributed by atoms with van der Waals surface area (Å²) in [5.74, 6) is 0. The minimum absolute atomic E-state index is 0. The molecular formula is C13H23Cl2N3O2S. The van der Waals surface area contributed by atoms with E-state index in [1.165, 1.54) is 4.31 Å². The van der Waals surface area contributed by atoms with Crippen molar-refractivity contribution in [3.63, 3.8) is 0 Å². The molecule has 0 unspecified atom stereocenters. The second kappa shape index (κ2) is 8.92. The van der Waals surface area contributed by atoms with Crippen LogP contribution in [0.2, 0.25) is 0 Å². The third-order valence-electron chi connectivity index (χ3n) is 3.29. The highest BCUT2D eigenvalue weighted by atomic mass is 35.5. The van der Waals surface area contributed by atoms with Gasteiger partial charge < -0.3 is 5.32 Å². The van der Waals surface area contributed by atoms with E-state index in [4.69, 9.17) is 0 Å². The standard InChI is InChI=1S/C13H21N3O2S.2ClH/c1-15(2)19(17,18)13-5-3-4-12(10-13)11-16-8-6-14-7-9-16;;/h3-5,10,14H,6-9,11H2,1-2H3;2*1H. The Hall–Kier alpha value is -0.370. The van der Waals surface area contributed by atoms with E-state index in [9.17, 15) is 8.42 Å². The Labute approximate surface area is 139 Å². The molecule has 1 aliphatic heterocycles. The molecular weight excluding hydrogens is 333 g/mol. The second-order valence-electron chi connectivity index (χ2n) is 4.96. The van der Waals surface area contributed by atoms with Crippen LogP contribution >= 0.6 is 24.8 Å². The molecule has 2 rings (SSSR count). The van der Waals surface area contributed by atoms with Crippen molar-refractivity contribution < 1.29 is 8.42 Å². The third-order valence-corrected chi connectivity index (χ3v) is 5.10. The summed E-state index contributed by atoms with van der Waals surface area (Å²) in [6.07, 6.45) is 0. The first-order valence-corrected chi connectivity index (χ1v) is 7.89. The van der Waals surface area contributed by atoms with Crippen molar-refractivity contribution >= 4 is 34.8 Å². The lowest BCUT2D eigenvalue weighted by atomic mass is 10.2. The molecule has 8 heteroatoms. The Morgan fingerprint density at radius 1 is 1.19 bits per heavy atom. The summed E-state index contributed by atoms with van der Waals surface area (Å²) in [5.41, 5.74) is 1.05. The van der Waals surface area contributed by atoms with Crippen molar-refractivity contribution in [3.8, 4) is 0 Å². The molecule has 122 valence electrons. The van der Waals surface area contributed by atoms with Gasteiger partial charge in [-0.1, -0.05) is 12.1 Å². The number of halogens is 2. The van der Waals surface area contributed by atoms with Gasteiger partial charge in [0.2, 0.25) is 10.0 Å². The largest absolute Gasteiger partial charge is 0.314 e. The lowest BCUT2D eigenvalue weighted by molar-refractivity contribution is 0.233. The van der Waals surface area contributed by atoms with Gasteiger partial charge in [0.25, 0.3) is 0 Å². The molecule has 0 atom stereocenters. The van der Waals surface area contributed by atoms with E-state index in [1.807, 2.05) is 12.1 Å². The number of hydrogen-bond donors (Lipinski definition) is 1. The molecule has 0 aliphatic carbocycles. The smallest absolute Gasteiger partial charge is 0.242 e. The van der Waals surface area contributed by atoms with Gasteiger partial charge >= 0.3 is 0 Å². The van der Waals surface area contributed by atoms with E-state index < -0.39 is 10.0 Å². The van der Waals surface area contributed by atoms with Gasteiger partial charge in [-0.15, -0.1) is 24.8 Å². The highest BCUT2D eigenvalue weighted by molar-refractivity contribution is 7.89. The van der Waals surface area contributed by atoms with Gasteiger partial charge in [-0.3, -0.25) is 4.90 Å². The zero-order valence-electron chi connectivity index (χ0n) is 12.3. The highest BCUT2D eigenvalue weighted by Gasteiger charge is 2.18. The number of nitrogens with zero attached hydrogens (tertiary/aromatic N) is 2. The average Bonchev–Trinajstić information content (AvgIpc) is 2.40. The summed E-state index contributed by atoms with van der Waals surface area (Å²) in [6, 6.07) is 7.22. The first kappa shape index (κ1) is 20.6. The minimum atomic E-state index is -3.34. The van der Waals surface area contributed by atoms with Crippen molar-refractivity contribution in [2.24, 2.45) is 0 Å². The molecule has 0 amide bonds. The van der Waals surface area contributed by atoms with Gasteiger partial charge in [0, 0.05) is 46.8 Å². The van der Waals surface area contributed by atoms with Crippen molar-refractivity contribution in [1.82, 2.24) is 14.5 Å². The Morgan fingerprint density at radius 3 is 2.38 bits per heavy atom.